The third-order valence-corrected chi connectivity index (χ3v) is 8.55. The molecule has 3 atom stereocenters. The van der Waals surface area contributed by atoms with E-state index in [1.165, 1.54) is 0 Å². The number of aryl methyl sites for hydroxylation is 1. The van der Waals surface area contributed by atoms with Gasteiger partial charge in [0.2, 0.25) is 15.9 Å². The number of ether oxygens (including phenoxy) is 1. The summed E-state index contributed by atoms with van der Waals surface area (Å²) in [4.78, 5) is 13.9. The van der Waals surface area contributed by atoms with Gasteiger partial charge in [0.1, 0.15) is 0 Å². The number of fused-ring (bicyclic) bond motifs is 2. The molecule has 29 heavy (non-hydrogen) atoms. The average molecular weight is 421 g/mol. The van der Waals surface area contributed by atoms with Gasteiger partial charge in [0.25, 0.3) is 0 Å². The van der Waals surface area contributed by atoms with Crippen LogP contribution in [0.5, 0.6) is 0 Å². The molecule has 3 aliphatic heterocycles. The second-order valence-electron chi connectivity index (χ2n) is 8.88. The predicted molar refractivity (Wildman–Crippen MR) is 112 cm³/mol. The van der Waals surface area contributed by atoms with Crippen molar-refractivity contribution >= 4 is 15.9 Å². The molecular formula is C22H32N2O4S. The van der Waals surface area contributed by atoms with E-state index < -0.39 is 10.0 Å². The third-order valence-electron chi connectivity index (χ3n) is 6.70. The predicted octanol–water partition coefficient (Wildman–Crippen LogP) is 2.85. The van der Waals surface area contributed by atoms with Crippen LogP contribution in [0.25, 0.3) is 0 Å². The molecule has 1 unspecified atom stereocenters. The van der Waals surface area contributed by atoms with Crippen molar-refractivity contribution in [2.45, 2.75) is 82.4 Å². The van der Waals surface area contributed by atoms with E-state index in [-0.39, 0.29) is 23.9 Å². The number of sulfonamides is 1. The number of carbonyl (C=O) groups is 1. The zero-order chi connectivity index (χ0) is 20.6. The van der Waals surface area contributed by atoms with Crippen LogP contribution < -0.4 is 0 Å². The smallest absolute Gasteiger partial charge is 0.219 e. The van der Waals surface area contributed by atoms with E-state index in [2.05, 4.69) is 4.90 Å². The van der Waals surface area contributed by atoms with Gasteiger partial charge in [0.05, 0.1) is 18.0 Å². The SMILES string of the molecule is CC(=O)N1[C@@H]2CC[C@H]1CC(OC1CCN(S(=O)(=O)Cc3ccc(C)cc3)CC1)C2. The number of hydrogen-bond acceptors (Lipinski definition) is 4. The quantitative estimate of drug-likeness (QED) is 0.735. The van der Waals surface area contributed by atoms with Crippen LogP contribution in [0.3, 0.4) is 0 Å². The summed E-state index contributed by atoms with van der Waals surface area (Å²) in [7, 11) is -3.30. The Morgan fingerprint density at radius 2 is 1.59 bits per heavy atom. The van der Waals surface area contributed by atoms with Gasteiger partial charge < -0.3 is 9.64 Å². The Labute approximate surface area is 174 Å². The first-order valence-electron chi connectivity index (χ1n) is 10.8. The lowest BCUT2D eigenvalue weighted by Crippen LogP contribution is -2.49. The third kappa shape index (κ3) is 4.67. The summed E-state index contributed by atoms with van der Waals surface area (Å²) < 4.78 is 33.6. The molecule has 1 aromatic carbocycles. The van der Waals surface area contributed by atoms with E-state index in [0.29, 0.717) is 25.2 Å². The Hall–Kier alpha value is -1.44. The Balaban J connectivity index is 1.27. The molecule has 0 N–H and O–H groups in total. The fourth-order valence-corrected chi connectivity index (χ4v) is 6.82. The van der Waals surface area contributed by atoms with E-state index in [1.807, 2.05) is 31.2 Å². The van der Waals surface area contributed by atoms with Crippen LogP contribution in [0.1, 0.15) is 56.6 Å². The minimum Gasteiger partial charge on any atom is -0.375 e. The summed E-state index contributed by atoms with van der Waals surface area (Å²) in [6, 6.07) is 8.34. The zero-order valence-corrected chi connectivity index (χ0v) is 18.2. The van der Waals surface area contributed by atoms with Crippen molar-refractivity contribution in [2.75, 3.05) is 13.1 Å². The van der Waals surface area contributed by atoms with Gasteiger partial charge in [-0.3, -0.25) is 4.79 Å². The van der Waals surface area contributed by atoms with E-state index in [9.17, 15) is 13.2 Å². The van der Waals surface area contributed by atoms with Crippen molar-refractivity contribution in [3.8, 4) is 0 Å². The maximum atomic E-state index is 12.8. The van der Waals surface area contributed by atoms with Gasteiger partial charge >= 0.3 is 0 Å². The summed E-state index contributed by atoms with van der Waals surface area (Å²) in [6.07, 6.45) is 5.81. The summed E-state index contributed by atoms with van der Waals surface area (Å²) in [6.45, 7) is 4.72. The molecule has 0 aromatic heterocycles. The Morgan fingerprint density at radius 3 is 2.14 bits per heavy atom. The van der Waals surface area contributed by atoms with E-state index in [1.54, 1.807) is 11.2 Å². The Bertz CT molecular complexity index is 817. The van der Waals surface area contributed by atoms with Crippen LogP contribution in [0.4, 0.5) is 0 Å². The molecule has 1 aromatic rings. The average Bonchev–Trinajstić information content (AvgIpc) is 2.95. The fraction of sp³-hybridized carbons (Fsp3) is 0.682. The topological polar surface area (TPSA) is 66.9 Å². The molecule has 3 heterocycles. The molecule has 3 aliphatic rings. The molecule has 0 aliphatic carbocycles. The van der Waals surface area contributed by atoms with Crippen molar-refractivity contribution in [3.05, 3.63) is 35.4 Å². The summed E-state index contributed by atoms with van der Waals surface area (Å²) >= 11 is 0. The molecule has 3 saturated heterocycles. The number of carbonyl (C=O) groups excluding carboxylic acids is 1. The first kappa shape index (κ1) is 20.8. The van der Waals surface area contributed by atoms with Crippen LogP contribution >= 0.6 is 0 Å². The van der Waals surface area contributed by atoms with Crippen LogP contribution in [0, 0.1) is 6.92 Å². The largest absolute Gasteiger partial charge is 0.375 e. The Morgan fingerprint density at radius 1 is 1.00 bits per heavy atom. The lowest BCUT2D eigenvalue weighted by Gasteiger charge is -2.40. The summed E-state index contributed by atoms with van der Waals surface area (Å²) in [5, 5.41) is 0. The van der Waals surface area contributed by atoms with Crippen LogP contribution in [0.15, 0.2) is 24.3 Å². The van der Waals surface area contributed by atoms with Crippen molar-refractivity contribution in [3.63, 3.8) is 0 Å². The Kier molecular flexibility index (Phi) is 6.00. The van der Waals surface area contributed by atoms with Crippen molar-refractivity contribution < 1.29 is 17.9 Å². The normalized spacial score (nSPS) is 28.6. The maximum Gasteiger partial charge on any atom is 0.219 e. The molecule has 160 valence electrons. The molecule has 3 fully saturated rings. The van der Waals surface area contributed by atoms with Gasteiger partial charge in [0, 0.05) is 32.1 Å². The minimum atomic E-state index is -3.30. The molecule has 0 saturated carbocycles. The molecule has 7 heteroatoms. The molecule has 0 radical (unpaired) electrons. The van der Waals surface area contributed by atoms with Crippen molar-refractivity contribution in [2.24, 2.45) is 0 Å². The van der Waals surface area contributed by atoms with E-state index in [0.717, 1.165) is 49.7 Å². The number of nitrogens with zero attached hydrogens (tertiary/aromatic N) is 2. The van der Waals surface area contributed by atoms with Gasteiger partial charge in [-0.2, -0.15) is 0 Å². The van der Waals surface area contributed by atoms with Crippen LogP contribution in [0.2, 0.25) is 0 Å². The number of hydrogen-bond donors (Lipinski definition) is 0. The second kappa shape index (κ2) is 8.36. The molecular weight excluding hydrogens is 388 g/mol. The number of piperidine rings is 2. The van der Waals surface area contributed by atoms with Crippen molar-refractivity contribution in [1.29, 1.82) is 0 Å². The minimum absolute atomic E-state index is 0.0612. The van der Waals surface area contributed by atoms with Crippen LogP contribution in [-0.4, -0.2) is 60.9 Å². The lowest BCUT2D eigenvalue weighted by atomic mass is 9.98. The van der Waals surface area contributed by atoms with E-state index in [4.69, 9.17) is 4.74 Å². The number of amides is 1. The highest BCUT2D eigenvalue weighted by Gasteiger charge is 2.43. The van der Waals surface area contributed by atoms with Gasteiger partial charge in [-0.1, -0.05) is 29.8 Å². The van der Waals surface area contributed by atoms with Gasteiger partial charge in [0.15, 0.2) is 0 Å². The van der Waals surface area contributed by atoms with Crippen LogP contribution in [-0.2, 0) is 25.3 Å². The highest BCUT2D eigenvalue weighted by molar-refractivity contribution is 7.88. The molecule has 0 spiro atoms. The highest BCUT2D eigenvalue weighted by Crippen LogP contribution is 2.38. The summed E-state index contributed by atoms with van der Waals surface area (Å²) in [5.74, 6) is 0.245. The fourth-order valence-electron chi connectivity index (χ4n) is 5.26. The molecule has 1 amide bonds. The first-order chi connectivity index (χ1) is 13.8. The number of rotatable bonds is 5. The number of benzene rings is 1. The zero-order valence-electron chi connectivity index (χ0n) is 17.4. The van der Waals surface area contributed by atoms with Gasteiger partial charge in [-0.15, -0.1) is 0 Å². The molecule has 2 bridgehead atoms. The second-order valence-corrected chi connectivity index (χ2v) is 10.8. The first-order valence-corrected chi connectivity index (χ1v) is 12.4. The summed E-state index contributed by atoms with van der Waals surface area (Å²) in [5.41, 5.74) is 1.97. The molecule has 6 nitrogen and oxygen atoms in total. The highest BCUT2D eigenvalue weighted by atomic mass is 32.2. The van der Waals surface area contributed by atoms with E-state index >= 15 is 0 Å². The molecule has 4 rings (SSSR count). The van der Waals surface area contributed by atoms with Crippen molar-refractivity contribution in [1.82, 2.24) is 9.21 Å². The monoisotopic (exact) mass is 420 g/mol. The van der Waals surface area contributed by atoms with Gasteiger partial charge in [-0.05, 0) is 51.0 Å². The lowest BCUT2D eigenvalue weighted by molar-refractivity contribution is -0.138. The maximum absolute atomic E-state index is 12.8. The standard InChI is InChI=1S/C22H32N2O4S/c1-16-3-5-18(6-4-16)15-29(26,27)23-11-9-21(10-12-23)28-22-13-19-7-8-20(14-22)24(19)17(2)25/h3-6,19-22H,7-15H2,1-2H3/t19-,20+,22?. The van der Waals surface area contributed by atoms with Gasteiger partial charge in [-0.25, -0.2) is 12.7 Å².